The summed E-state index contributed by atoms with van der Waals surface area (Å²) >= 11 is 0. The normalized spacial score (nSPS) is 29.9. The number of ether oxygens (including phenoxy) is 4. The Labute approximate surface area is 151 Å². The molecule has 1 aliphatic rings. The van der Waals surface area contributed by atoms with Gasteiger partial charge in [-0.25, -0.2) is 0 Å². The lowest BCUT2D eigenvalue weighted by Crippen LogP contribution is -2.60. The van der Waals surface area contributed by atoms with Gasteiger partial charge in [-0.05, 0) is 31.0 Å². The number of benzene rings is 1. The van der Waals surface area contributed by atoms with Crippen LogP contribution >= 0.6 is 0 Å². The highest BCUT2D eigenvalue weighted by Gasteiger charge is 2.45. The van der Waals surface area contributed by atoms with E-state index in [0.29, 0.717) is 17.9 Å². The summed E-state index contributed by atoms with van der Waals surface area (Å²) in [4.78, 5) is 0. The maximum Gasteiger partial charge on any atom is 0.229 e. The predicted octanol–water partition coefficient (Wildman–Crippen LogP) is -1.23. The lowest BCUT2D eigenvalue weighted by molar-refractivity contribution is -0.277. The van der Waals surface area contributed by atoms with Gasteiger partial charge < -0.3 is 45.1 Å². The van der Waals surface area contributed by atoms with Crippen LogP contribution in [0.15, 0.2) is 12.1 Å². The maximum absolute atomic E-state index is 10.1. The number of aliphatic hydroxyl groups excluding tert-OH is 4. The molecule has 9 nitrogen and oxygen atoms in total. The van der Waals surface area contributed by atoms with Gasteiger partial charge in [-0.15, -0.1) is 0 Å². The minimum Gasteiger partial charge on any atom is -0.493 e. The molecule has 0 aromatic heterocycles. The number of rotatable bonds is 7. The molecule has 0 amide bonds. The third-order valence-electron chi connectivity index (χ3n) is 4.16. The molecule has 2 rings (SSSR count). The highest BCUT2D eigenvalue weighted by atomic mass is 16.7. The highest BCUT2D eigenvalue weighted by Crippen LogP contribution is 2.40. The fourth-order valence-electron chi connectivity index (χ4n) is 2.82. The van der Waals surface area contributed by atoms with E-state index in [1.165, 1.54) is 14.2 Å². The molecule has 1 heterocycles. The smallest absolute Gasteiger partial charge is 0.229 e. The second-order valence-corrected chi connectivity index (χ2v) is 6.33. The van der Waals surface area contributed by atoms with Crippen LogP contribution in [0, 0.1) is 0 Å². The van der Waals surface area contributed by atoms with Gasteiger partial charge >= 0.3 is 0 Å². The molecular weight excluding hydrogens is 346 g/mol. The molecule has 9 heteroatoms. The van der Waals surface area contributed by atoms with Crippen molar-refractivity contribution in [2.24, 2.45) is 5.73 Å². The first-order valence-electron chi connectivity index (χ1n) is 8.30. The van der Waals surface area contributed by atoms with Crippen molar-refractivity contribution in [1.29, 1.82) is 0 Å². The van der Waals surface area contributed by atoms with Crippen LogP contribution in [0.4, 0.5) is 0 Å². The van der Waals surface area contributed by atoms with Crippen LogP contribution in [0.2, 0.25) is 0 Å². The summed E-state index contributed by atoms with van der Waals surface area (Å²) in [7, 11) is 2.90. The second kappa shape index (κ2) is 8.85. The van der Waals surface area contributed by atoms with Gasteiger partial charge in [0.25, 0.3) is 0 Å². The number of nitrogens with two attached hydrogens (primary N) is 1. The van der Waals surface area contributed by atoms with Crippen molar-refractivity contribution < 1.29 is 39.4 Å². The molecule has 0 saturated carbocycles. The van der Waals surface area contributed by atoms with E-state index in [1.54, 1.807) is 12.1 Å². The zero-order chi connectivity index (χ0) is 19.4. The summed E-state index contributed by atoms with van der Waals surface area (Å²) in [5, 5.41) is 39.2. The van der Waals surface area contributed by atoms with Gasteiger partial charge in [-0.2, -0.15) is 0 Å². The number of methoxy groups -OCH3 is 2. The van der Waals surface area contributed by atoms with Crippen molar-refractivity contribution >= 4 is 0 Å². The zero-order valence-electron chi connectivity index (χ0n) is 15.0. The molecule has 6 N–H and O–H groups in total. The number of aliphatic hydroxyl groups is 4. The summed E-state index contributed by atoms with van der Waals surface area (Å²) < 4.78 is 21.7. The van der Waals surface area contributed by atoms with Crippen LogP contribution in [0.3, 0.4) is 0 Å². The molecular formula is C17H27NO8. The van der Waals surface area contributed by atoms with Crippen LogP contribution in [0.5, 0.6) is 17.2 Å². The van der Waals surface area contributed by atoms with Gasteiger partial charge in [-0.3, -0.25) is 0 Å². The largest absolute Gasteiger partial charge is 0.493 e. The second-order valence-electron chi connectivity index (χ2n) is 6.33. The Balaban J connectivity index is 2.32. The molecule has 1 fully saturated rings. The minimum absolute atomic E-state index is 0.0679. The van der Waals surface area contributed by atoms with E-state index in [4.69, 9.17) is 24.7 Å². The summed E-state index contributed by atoms with van der Waals surface area (Å²) in [5.41, 5.74) is 6.70. The molecule has 1 aliphatic heterocycles. The first kappa shape index (κ1) is 20.7. The lowest BCUT2D eigenvalue weighted by atomic mass is 9.99. The molecule has 26 heavy (non-hydrogen) atoms. The standard InChI is InChI=1S/C17H27NO8/c1-8(18)4-9-5-10(23-2)16(11(6-9)24-3)26-17-15(22)14(21)13(20)12(7-19)25-17/h5-6,8,12-15,17,19-22H,4,7,18H2,1-3H3/t8?,12?,13?,14?,15-,17?/m1/s1. The average Bonchev–Trinajstić information content (AvgIpc) is 2.62. The lowest BCUT2D eigenvalue weighted by Gasteiger charge is -2.39. The van der Waals surface area contributed by atoms with Crippen LogP contribution in [0.1, 0.15) is 12.5 Å². The van der Waals surface area contributed by atoms with E-state index in [1.807, 2.05) is 6.92 Å². The van der Waals surface area contributed by atoms with Gasteiger partial charge in [0.1, 0.15) is 24.4 Å². The van der Waals surface area contributed by atoms with E-state index in [9.17, 15) is 20.4 Å². The van der Waals surface area contributed by atoms with Gasteiger partial charge in [0.2, 0.25) is 12.0 Å². The van der Waals surface area contributed by atoms with Crippen molar-refractivity contribution in [1.82, 2.24) is 0 Å². The van der Waals surface area contributed by atoms with E-state index in [0.717, 1.165) is 5.56 Å². The first-order valence-corrected chi connectivity index (χ1v) is 8.30. The van der Waals surface area contributed by atoms with Crippen molar-refractivity contribution in [3.8, 4) is 17.2 Å². The number of hydrogen-bond donors (Lipinski definition) is 5. The van der Waals surface area contributed by atoms with Crippen molar-refractivity contribution in [2.75, 3.05) is 20.8 Å². The molecule has 0 bridgehead atoms. The molecule has 5 unspecified atom stereocenters. The molecule has 6 atom stereocenters. The SMILES string of the molecule is COc1cc(CC(C)N)cc(OC)c1OC1OC(CO)C(O)C(O)[C@H]1O. The van der Waals surface area contributed by atoms with Gasteiger partial charge in [0.05, 0.1) is 20.8 Å². The summed E-state index contributed by atoms with van der Waals surface area (Å²) in [6, 6.07) is 3.39. The molecule has 148 valence electrons. The summed E-state index contributed by atoms with van der Waals surface area (Å²) in [6.45, 7) is 1.32. The van der Waals surface area contributed by atoms with Crippen LogP contribution < -0.4 is 19.9 Å². The van der Waals surface area contributed by atoms with Crippen molar-refractivity contribution in [3.05, 3.63) is 17.7 Å². The van der Waals surface area contributed by atoms with E-state index in [2.05, 4.69) is 0 Å². The molecule has 0 aliphatic carbocycles. The van der Waals surface area contributed by atoms with Crippen LogP contribution in [0.25, 0.3) is 0 Å². The molecule has 0 spiro atoms. The van der Waals surface area contributed by atoms with Gasteiger partial charge in [0.15, 0.2) is 11.5 Å². The third-order valence-corrected chi connectivity index (χ3v) is 4.16. The topological polar surface area (TPSA) is 144 Å². The Kier molecular flexibility index (Phi) is 7.04. The Hall–Kier alpha value is -1.62. The zero-order valence-corrected chi connectivity index (χ0v) is 15.0. The fourth-order valence-corrected chi connectivity index (χ4v) is 2.82. The summed E-state index contributed by atoms with van der Waals surface area (Å²) in [5.74, 6) is 0.821. The Morgan fingerprint density at radius 2 is 1.65 bits per heavy atom. The molecule has 1 saturated heterocycles. The first-order chi connectivity index (χ1) is 12.3. The summed E-state index contributed by atoms with van der Waals surface area (Å²) in [6.07, 6.45) is -6.37. The molecule has 0 radical (unpaired) electrons. The van der Waals surface area contributed by atoms with E-state index >= 15 is 0 Å². The molecule has 1 aromatic carbocycles. The quantitative estimate of drug-likeness (QED) is 0.397. The van der Waals surface area contributed by atoms with Crippen molar-refractivity contribution in [2.45, 2.75) is 50.1 Å². The Morgan fingerprint density at radius 3 is 2.12 bits per heavy atom. The minimum atomic E-state index is -1.54. The molecule has 1 aromatic rings. The van der Waals surface area contributed by atoms with Crippen molar-refractivity contribution in [3.63, 3.8) is 0 Å². The van der Waals surface area contributed by atoms with Gasteiger partial charge in [-0.1, -0.05) is 0 Å². The van der Waals surface area contributed by atoms with E-state index in [-0.39, 0.29) is 11.8 Å². The van der Waals surface area contributed by atoms with Crippen LogP contribution in [-0.4, -0.2) is 78.0 Å². The monoisotopic (exact) mass is 373 g/mol. The third kappa shape index (κ3) is 4.37. The Morgan fingerprint density at radius 1 is 1.08 bits per heavy atom. The average molecular weight is 373 g/mol. The van der Waals surface area contributed by atoms with E-state index < -0.39 is 37.3 Å². The fraction of sp³-hybridized carbons (Fsp3) is 0.647. The maximum atomic E-state index is 10.1. The predicted molar refractivity (Wildman–Crippen MR) is 91.3 cm³/mol. The highest BCUT2D eigenvalue weighted by molar-refractivity contribution is 5.54. The van der Waals surface area contributed by atoms with Gasteiger partial charge in [0, 0.05) is 6.04 Å². The Bertz CT molecular complexity index is 569. The van der Waals surface area contributed by atoms with Crippen LogP contribution in [-0.2, 0) is 11.2 Å². The number of hydrogen-bond acceptors (Lipinski definition) is 9.